The Kier molecular flexibility index (Phi) is 14.8. The van der Waals surface area contributed by atoms with E-state index in [1.54, 1.807) is 23.3 Å². The number of halogens is 2. The number of hydrogen-bond acceptors (Lipinski definition) is 0. The summed E-state index contributed by atoms with van der Waals surface area (Å²) in [5.41, 5.74) is 15.1. The van der Waals surface area contributed by atoms with E-state index in [1.807, 2.05) is 0 Å². The van der Waals surface area contributed by atoms with Crippen LogP contribution in [0.2, 0.25) is 13.1 Å². The van der Waals surface area contributed by atoms with Crippen LogP contribution in [-0.4, -0.2) is 5.43 Å². The van der Waals surface area contributed by atoms with Gasteiger partial charge in [0.1, 0.15) is 0 Å². The van der Waals surface area contributed by atoms with Crippen molar-refractivity contribution in [2.45, 2.75) is 74.4 Å². The van der Waals surface area contributed by atoms with Crippen molar-refractivity contribution in [1.29, 1.82) is 0 Å². The van der Waals surface area contributed by atoms with Crippen molar-refractivity contribution in [2.24, 2.45) is 0 Å². The van der Waals surface area contributed by atoms with E-state index >= 15 is 0 Å². The van der Waals surface area contributed by atoms with E-state index in [9.17, 15) is 0 Å². The molecule has 4 heteroatoms. The Morgan fingerprint density at radius 3 is 1.62 bits per heavy atom. The largest absolute Gasteiger partial charge is 1.00 e. The minimum atomic E-state index is 0. The molecule has 0 saturated carbocycles. The SMILES string of the molecule is C[Si](C)=[Zr+2].Cc1ccc(C)c(-c2ccc(C)c3[cH-]c(C)cc23)c1.Cc1ccc(C)c(-c2cccc3[cH-]c(C(C)C)cc23)c1.[Cl-].[Cl-]. The quantitative estimate of drug-likeness (QED) is 0.150. The van der Waals surface area contributed by atoms with Crippen LogP contribution < -0.4 is 24.8 Å². The van der Waals surface area contributed by atoms with Crippen molar-refractivity contribution >= 4 is 27.0 Å². The maximum absolute atomic E-state index is 2.36. The third kappa shape index (κ3) is 9.65. The average molecular weight is 729 g/mol. The molecule has 0 aromatic heterocycles. The third-order valence-electron chi connectivity index (χ3n) is 8.06. The van der Waals surface area contributed by atoms with Gasteiger partial charge in [0.2, 0.25) is 0 Å². The van der Waals surface area contributed by atoms with Gasteiger partial charge in [0, 0.05) is 0 Å². The van der Waals surface area contributed by atoms with Gasteiger partial charge in [-0.3, -0.25) is 0 Å². The molecule has 6 aromatic rings. The zero-order valence-corrected chi connectivity index (χ0v) is 33.5. The summed E-state index contributed by atoms with van der Waals surface area (Å²) in [6.07, 6.45) is 0. The van der Waals surface area contributed by atoms with Gasteiger partial charge in [0.25, 0.3) is 0 Å². The van der Waals surface area contributed by atoms with Crippen molar-refractivity contribution in [3.8, 4) is 22.3 Å². The fourth-order valence-corrected chi connectivity index (χ4v) is 5.70. The maximum Gasteiger partial charge on any atom is -0.0247 e. The molecule has 0 fully saturated rings. The average Bonchev–Trinajstić information content (AvgIpc) is 3.56. The molecule has 0 aliphatic heterocycles. The molecule has 6 aromatic carbocycles. The topological polar surface area (TPSA) is 0 Å². The van der Waals surface area contributed by atoms with Crippen molar-refractivity contribution in [1.82, 2.24) is 0 Å². The second-order valence-electron chi connectivity index (χ2n) is 12.7. The Labute approximate surface area is 299 Å². The van der Waals surface area contributed by atoms with E-state index in [4.69, 9.17) is 0 Å². The third-order valence-corrected chi connectivity index (χ3v) is 8.06. The first-order chi connectivity index (χ1) is 20.3. The summed E-state index contributed by atoms with van der Waals surface area (Å²) >= 11 is 1.74. The molecule has 0 N–H and O–H groups in total. The predicted octanol–water partition coefficient (Wildman–Crippen LogP) is 6.22. The second-order valence-corrected chi connectivity index (χ2v) is 22.1. The van der Waals surface area contributed by atoms with E-state index in [1.165, 1.54) is 82.7 Å². The standard InChI is InChI=1S/C20H21.C19H19.C2H6Si.2ClH.Zr/c1-13(2)17-11-16-6-5-7-18(20(16)12-17)19-10-14(3)8-9-15(19)4;1-12-5-6-14(3)17(9-12)16-8-7-15(4)18-10-13(2)11-19(16)18;1-3-2;;;/h5-13H,1-4H3;5-11H,1-4H3;1-2H3;2*1H;/q2*-1;;;;+2/p-2. The molecule has 0 radical (unpaired) electrons. The van der Waals surface area contributed by atoms with Crippen molar-refractivity contribution < 1.29 is 48.1 Å². The molecule has 0 bridgehead atoms. The zero-order chi connectivity index (χ0) is 31.4. The summed E-state index contributed by atoms with van der Waals surface area (Å²) in [6, 6.07) is 33.8. The molecule has 45 heavy (non-hydrogen) atoms. The van der Waals surface area contributed by atoms with Crippen molar-refractivity contribution in [3.63, 3.8) is 0 Å². The van der Waals surface area contributed by atoms with E-state index in [0.29, 0.717) is 5.92 Å². The van der Waals surface area contributed by atoms with Crippen LogP contribution in [0.25, 0.3) is 43.8 Å². The van der Waals surface area contributed by atoms with Crippen LogP contribution in [0.3, 0.4) is 0 Å². The summed E-state index contributed by atoms with van der Waals surface area (Å²) in [5, 5.41) is 5.50. The molecular weight excluding hydrogens is 683 g/mol. The second kappa shape index (κ2) is 17.1. The van der Waals surface area contributed by atoms with Crippen LogP contribution in [0.1, 0.15) is 58.7 Å². The van der Waals surface area contributed by atoms with Crippen molar-refractivity contribution in [3.05, 3.63) is 130 Å². The molecule has 0 aliphatic rings. The number of aryl methyl sites for hydroxylation is 6. The predicted molar refractivity (Wildman–Crippen MR) is 190 cm³/mol. The van der Waals surface area contributed by atoms with Crippen LogP contribution in [0, 0.1) is 41.5 Å². The summed E-state index contributed by atoms with van der Waals surface area (Å²) in [5.74, 6) is 0.578. The summed E-state index contributed by atoms with van der Waals surface area (Å²) in [4.78, 5) is 0. The Hall–Kier alpha value is -2.22. The summed E-state index contributed by atoms with van der Waals surface area (Å²) in [6.45, 7) is 22.2. The van der Waals surface area contributed by atoms with Gasteiger partial charge in [-0.1, -0.05) is 98.5 Å². The van der Waals surface area contributed by atoms with Crippen LogP contribution in [0.4, 0.5) is 0 Å². The first-order valence-corrected chi connectivity index (χ1v) is 21.6. The fourth-order valence-electron chi connectivity index (χ4n) is 5.70. The van der Waals surface area contributed by atoms with Crippen LogP contribution >= 0.6 is 0 Å². The first-order valence-electron chi connectivity index (χ1n) is 15.4. The van der Waals surface area contributed by atoms with Gasteiger partial charge in [-0.05, 0) is 55.9 Å². The summed E-state index contributed by atoms with van der Waals surface area (Å²) in [7, 11) is 0. The van der Waals surface area contributed by atoms with Gasteiger partial charge in [0.15, 0.2) is 0 Å². The monoisotopic (exact) mass is 726 g/mol. The van der Waals surface area contributed by atoms with E-state index in [-0.39, 0.29) is 30.2 Å². The van der Waals surface area contributed by atoms with E-state index < -0.39 is 0 Å². The molecule has 0 nitrogen and oxygen atoms in total. The van der Waals surface area contributed by atoms with Crippen LogP contribution in [-0.2, 0) is 23.3 Å². The Bertz CT molecular complexity index is 1900. The zero-order valence-electron chi connectivity index (χ0n) is 28.5. The number of benzene rings is 4. The molecule has 0 heterocycles. The van der Waals surface area contributed by atoms with Gasteiger partial charge in [-0.15, -0.1) is 68.6 Å². The van der Waals surface area contributed by atoms with E-state index in [2.05, 4.69) is 159 Å². The first kappa shape index (κ1) is 39.0. The minimum absolute atomic E-state index is 0. The van der Waals surface area contributed by atoms with Gasteiger partial charge in [-0.25, -0.2) is 0 Å². The number of fused-ring (bicyclic) bond motifs is 2. The molecule has 0 unspecified atom stereocenters. The van der Waals surface area contributed by atoms with Gasteiger partial charge in [0.05, 0.1) is 0 Å². The molecule has 0 spiro atoms. The summed E-state index contributed by atoms with van der Waals surface area (Å²) < 4.78 is 0. The molecule has 6 rings (SSSR count). The smallest absolute Gasteiger partial charge is 0.0247 e. The van der Waals surface area contributed by atoms with E-state index in [0.717, 1.165) is 0 Å². The minimum Gasteiger partial charge on any atom is -1.00 e. The number of hydrogen-bond donors (Lipinski definition) is 0. The van der Waals surface area contributed by atoms with Gasteiger partial charge < -0.3 is 24.8 Å². The Morgan fingerprint density at radius 1 is 0.578 bits per heavy atom. The number of rotatable bonds is 3. The van der Waals surface area contributed by atoms with Gasteiger partial charge in [-0.2, -0.15) is 12.1 Å². The fraction of sp³-hybridized carbons (Fsp3) is 0.268. The Balaban J connectivity index is 0.000000270. The molecule has 0 saturated heterocycles. The van der Waals surface area contributed by atoms with Gasteiger partial charge >= 0.3 is 41.9 Å². The molecule has 234 valence electrons. The van der Waals surface area contributed by atoms with Crippen LogP contribution in [0.15, 0.2) is 91.0 Å². The molecule has 0 aliphatic carbocycles. The Morgan fingerprint density at radius 2 is 1.09 bits per heavy atom. The maximum atomic E-state index is 2.36. The molecule has 0 atom stereocenters. The van der Waals surface area contributed by atoms with Crippen LogP contribution in [0.5, 0.6) is 0 Å². The molecule has 0 amide bonds. The normalized spacial score (nSPS) is 10.4. The molecular formula is C41H46Cl2SiZr-2. The van der Waals surface area contributed by atoms with Crippen molar-refractivity contribution in [2.75, 3.05) is 0 Å².